The molecule has 220 valence electrons. The molecule has 0 radical (unpaired) electrons. The Balaban J connectivity index is 1.50. The molecule has 1 aromatic heterocycles. The molecule has 0 N–H and O–H groups in total. The Bertz CT molecular complexity index is 2050. The Hall–Kier alpha value is -5.56. The number of anilines is 1. The number of hydrogen-bond donors (Lipinski definition) is 0. The highest BCUT2D eigenvalue weighted by Gasteiger charge is 2.72. The predicted octanol–water partition coefficient (Wildman–Crippen LogP) is 6.57. The van der Waals surface area contributed by atoms with Crippen LogP contribution < -0.4 is 14.4 Å². The van der Waals surface area contributed by atoms with Crippen molar-refractivity contribution in [2.24, 2.45) is 5.41 Å². The van der Waals surface area contributed by atoms with E-state index >= 15 is 4.79 Å². The zero-order chi connectivity index (χ0) is 30.9. The van der Waals surface area contributed by atoms with E-state index in [9.17, 15) is 9.59 Å². The molecule has 3 aliphatic rings. The topological polar surface area (TPSA) is 85.8 Å². The molecule has 8 rings (SSSR count). The summed E-state index contributed by atoms with van der Waals surface area (Å²) in [5.74, 6) is -0.735. The van der Waals surface area contributed by atoms with Gasteiger partial charge in [0.2, 0.25) is 0 Å². The van der Waals surface area contributed by atoms with Gasteiger partial charge in [0, 0.05) is 45.8 Å². The van der Waals surface area contributed by atoms with Gasteiger partial charge in [-0.15, -0.1) is 0 Å². The second-order valence-electron chi connectivity index (χ2n) is 11.6. The number of fused-ring (bicyclic) bond motifs is 7. The van der Waals surface area contributed by atoms with E-state index in [1.807, 2.05) is 65.6 Å². The first-order valence-corrected chi connectivity index (χ1v) is 14.8. The van der Waals surface area contributed by atoms with Crippen LogP contribution in [0, 0.1) is 5.41 Å². The molecule has 1 saturated heterocycles. The van der Waals surface area contributed by atoms with E-state index in [0.717, 1.165) is 16.6 Å². The third-order valence-corrected chi connectivity index (χ3v) is 9.64. The molecule has 2 aliphatic heterocycles. The molecule has 0 saturated carbocycles. The number of pyridine rings is 1. The monoisotopic (exact) mass is 592 g/mol. The Morgan fingerprint density at radius 2 is 1.56 bits per heavy atom. The lowest BCUT2D eigenvalue weighted by molar-refractivity contribution is 0.0665. The Morgan fingerprint density at radius 1 is 0.822 bits per heavy atom. The van der Waals surface area contributed by atoms with Crippen LogP contribution in [-0.4, -0.2) is 48.6 Å². The minimum Gasteiger partial charge on any atom is -0.497 e. The lowest BCUT2D eigenvalue weighted by Crippen LogP contribution is -2.48. The van der Waals surface area contributed by atoms with Gasteiger partial charge in [-0.2, -0.15) is 0 Å². The molecule has 1 aliphatic carbocycles. The normalized spacial score (nSPS) is 20.7. The van der Waals surface area contributed by atoms with Crippen LogP contribution in [0.4, 0.5) is 5.69 Å². The minimum absolute atomic E-state index is 0.203. The zero-order valence-electron chi connectivity index (χ0n) is 24.6. The number of carbonyl (C=O) groups is 3. The van der Waals surface area contributed by atoms with Gasteiger partial charge in [-0.25, -0.2) is 0 Å². The predicted molar refractivity (Wildman–Crippen MR) is 171 cm³/mol. The largest absolute Gasteiger partial charge is 0.497 e. The van der Waals surface area contributed by atoms with Crippen molar-refractivity contribution >= 4 is 40.0 Å². The van der Waals surface area contributed by atoms with Crippen molar-refractivity contribution in [2.45, 2.75) is 18.0 Å². The molecule has 7 nitrogen and oxygen atoms in total. The summed E-state index contributed by atoms with van der Waals surface area (Å²) in [6.07, 6.45) is 5.59. The van der Waals surface area contributed by atoms with Crippen molar-refractivity contribution in [2.75, 3.05) is 19.1 Å². The molecule has 7 heteroatoms. The molecule has 4 aromatic carbocycles. The number of hydrogen-bond acceptors (Lipinski definition) is 7. The number of nitrogens with zero attached hydrogens (tertiary/aromatic N) is 2. The Kier molecular flexibility index (Phi) is 6.00. The van der Waals surface area contributed by atoms with Crippen molar-refractivity contribution in [3.63, 3.8) is 0 Å². The molecular formula is C38H28N2O5. The quantitative estimate of drug-likeness (QED) is 0.169. The maximum atomic E-state index is 15.0. The van der Waals surface area contributed by atoms with Crippen molar-refractivity contribution in [1.82, 2.24) is 4.98 Å². The van der Waals surface area contributed by atoms with Gasteiger partial charge in [0.1, 0.15) is 23.0 Å². The Morgan fingerprint density at radius 3 is 2.27 bits per heavy atom. The third-order valence-electron chi connectivity index (χ3n) is 9.64. The molecular weight excluding hydrogens is 564 g/mol. The van der Waals surface area contributed by atoms with E-state index < -0.39 is 23.4 Å². The fourth-order valence-electron chi connectivity index (χ4n) is 7.78. The molecule has 0 amide bonds. The van der Waals surface area contributed by atoms with Crippen molar-refractivity contribution in [3.8, 4) is 11.5 Å². The van der Waals surface area contributed by atoms with Gasteiger partial charge < -0.3 is 14.4 Å². The van der Waals surface area contributed by atoms with Gasteiger partial charge in [-0.3, -0.25) is 19.4 Å². The van der Waals surface area contributed by atoms with E-state index in [1.54, 1.807) is 68.9 Å². The van der Waals surface area contributed by atoms with Gasteiger partial charge in [0.25, 0.3) is 0 Å². The van der Waals surface area contributed by atoms with Gasteiger partial charge >= 0.3 is 0 Å². The number of ketones is 3. The maximum absolute atomic E-state index is 15.0. The second-order valence-corrected chi connectivity index (χ2v) is 11.6. The summed E-state index contributed by atoms with van der Waals surface area (Å²) < 4.78 is 11.4. The summed E-state index contributed by atoms with van der Waals surface area (Å²) in [4.78, 5) is 51.8. The molecule has 1 fully saturated rings. The fourth-order valence-corrected chi connectivity index (χ4v) is 7.78. The van der Waals surface area contributed by atoms with Crippen LogP contribution in [0.15, 0.2) is 109 Å². The number of methoxy groups -OCH3 is 2. The summed E-state index contributed by atoms with van der Waals surface area (Å²) in [6.45, 7) is 0. The highest BCUT2D eigenvalue weighted by atomic mass is 16.5. The van der Waals surface area contributed by atoms with Gasteiger partial charge in [0.15, 0.2) is 17.3 Å². The SMILES string of the molecule is COc1ccc([C@H]2[C@H](C(=O)c3ccccc3)N3c4c(ccc5cccnc45)C=C[C@@H]3C23C(=O)c2ccccc2C3=O)c(OC)c1. The lowest BCUT2D eigenvalue weighted by Gasteiger charge is -2.37. The second kappa shape index (κ2) is 9.99. The number of benzene rings is 4. The number of Topliss-reactive ketones (excluding diaryl/α,β-unsaturated/α-hetero) is 3. The summed E-state index contributed by atoms with van der Waals surface area (Å²) in [7, 11) is 3.11. The van der Waals surface area contributed by atoms with Crippen molar-refractivity contribution in [3.05, 3.63) is 137 Å². The molecule has 3 atom stereocenters. The van der Waals surface area contributed by atoms with E-state index in [-0.39, 0.29) is 17.3 Å². The minimum atomic E-state index is -1.66. The molecule has 0 unspecified atom stereocenters. The van der Waals surface area contributed by atoms with Gasteiger partial charge in [-0.05, 0) is 17.7 Å². The summed E-state index contributed by atoms with van der Waals surface area (Å²) >= 11 is 0. The van der Waals surface area contributed by atoms with Crippen LogP contribution in [0.1, 0.15) is 48.1 Å². The summed E-state index contributed by atoms with van der Waals surface area (Å²) in [6, 6.07) is 27.5. The number of carbonyl (C=O) groups excluding carboxylic acids is 3. The van der Waals surface area contributed by atoms with Crippen molar-refractivity contribution < 1.29 is 23.9 Å². The molecule has 5 aromatic rings. The van der Waals surface area contributed by atoms with Crippen LogP contribution in [0.3, 0.4) is 0 Å². The van der Waals surface area contributed by atoms with E-state index in [2.05, 4.69) is 0 Å². The average Bonchev–Trinajstić information content (AvgIpc) is 3.53. The van der Waals surface area contributed by atoms with Crippen LogP contribution in [0.2, 0.25) is 0 Å². The standard InChI is InChI=1S/C38H28N2O5/c1-44-25-17-18-28(29(21-25)45-2)31-34(35(41)24-9-4-3-5-10-24)40-30(38(31)36(42)26-12-6-7-13-27(26)37(38)43)19-16-23-15-14-22-11-8-20-39-32(22)33(23)40/h3-21,30-31,34H,1-2H3/t30-,31+,34-/m1/s1. The number of ether oxygens (including phenoxy) is 2. The van der Waals surface area contributed by atoms with E-state index in [1.165, 1.54) is 0 Å². The van der Waals surface area contributed by atoms with Crippen molar-refractivity contribution in [1.29, 1.82) is 0 Å². The van der Waals surface area contributed by atoms with Crippen LogP contribution in [0.25, 0.3) is 17.0 Å². The fraction of sp³-hybridized carbons (Fsp3) is 0.158. The maximum Gasteiger partial charge on any atom is 0.185 e. The highest BCUT2D eigenvalue weighted by Crippen LogP contribution is 2.62. The zero-order valence-corrected chi connectivity index (χ0v) is 24.6. The molecule has 45 heavy (non-hydrogen) atoms. The lowest BCUT2D eigenvalue weighted by atomic mass is 9.64. The van der Waals surface area contributed by atoms with Crippen LogP contribution in [-0.2, 0) is 0 Å². The van der Waals surface area contributed by atoms with Gasteiger partial charge in [0.05, 0.1) is 31.5 Å². The van der Waals surface area contributed by atoms with Crippen LogP contribution in [0.5, 0.6) is 11.5 Å². The number of aromatic nitrogens is 1. The highest BCUT2D eigenvalue weighted by molar-refractivity contribution is 6.32. The average molecular weight is 593 g/mol. The summed E-state index contributed by atoms with van der Waals surface area (Å²) in [5.41, 5.74) is 2.41. The smallest absolute Gasteiger partial charge is 0.185 e. The number of rotatable bonds is 5. The molecule has 1 spiro atoms. The molecule has 0 bridgehead atoms. The molecule has 3 heterocycles. The first kappa shape index (κ1) is 27.0. The Labute approximate surface area is 259 Å². The third kappa shape index (κ3) is 3.58. The first-order chi connectivity index (χ1) is 22.0. The van der Waals surface area contributed by atoms with E-state index in [0.29, 0.717) is 39.3 Å². The first-order valence-electron chi connectivity index (χ1n) is 14.8. The summed E-state index contributed by atoms with van der Waals surface area (Å²) in [5, 5.41) is 0.892. The van der Waals surface area contributed by atoms with Crippen LogP contribution >= 0.6 is 0 Å². The van der Waals surface area contributed by atoms with E-state index in [4.69, 9.17) is 14.5 Å². The van der Waals surface area contributed by atoms with Gasteiger partial charge in [-0.1, -0.05) is 91.0 Å².